The summed E-state index contributed by atoms with van der Waals surface area (Å²) < 4.78 is 0. The average Bonchev–Trinajstić information content (AvgIpc) is 2.61. The highest BCUT2D eigenvalue weighted by Crippen LogP contribution is 2.32. The van der Waals surface area contributed by atoms with Gasteiger partial charge in [0.1, 0.15) is 6.10 Å². The van der Waals surface area contributed by atoms with Crippen molar-refractivity contribution in [2.45, 2.75) is 13.0 Å². The molecule has 0 radical (unpaired) electrons. The molecule has 0 aliphatic heterocycles. The monoisotopic (exact) mass is 146 g/mol. The van der Waals surface area contributed by atoms with Gasteiger partial charge in [-0.2, -0.15) is 0 Å². The first-order valence-corrected chi connectivity index (χ1v) is 3.48. The van der Waals surface area contributed by atoms with Crippen molar-refractivity contribution in [3.05, 3.63) is 24.3 Å². The molecule has 0 bridgehead atoms. The molecule has 2 aliphatic rings. The van der Waals surface area contributed by atoms with Gasteiger partial charge in [-0.15, -0.1) is 6.42 Å². The van der Waals surface area contributed by atoms with Crippen molar-refractivity contribution in [3.8, 4) is 23.5 Å². The molecular formula is C10H10O. The molecular weight excluding hydrogens is 136 g/mol. The number of hydrogen-bond donors (Lipinski definition) is 1. The van der Waals surface area contributed by atoms with Crippen molar-refractivity contribution in [2.24, 2.45) is 0 Å². The zero-order valence-electron chi connectivity index (χ0n) is 6.41. The Morgan fingerprint density at radius 2 is 1.91 bits per heavy atom. The van der Waals surface area contributed by atoms with Crippen LogP contribution < -0.4 is 0 Å². The second-order valence-electron chi connectivity index (χ2n) is 2.42. The Balaban J connectivity index is 0.000000114. The molecule has 2 aliphatic carbocycles. The van der Waals surface area contributed by atoms with E-state index in [1.807, 2.05) is 0 Å². The van der Waals surface area contributed by atoms with Crippen LogP contribution in [0.1, 0.15) is 6.92 Å². The number of benzene rings is 1. The van der Waals surface area contributed by atoms with Gasteiger partial charge in [0.2, 0.25) is 0 Å². The first-order chi connectivity index (χ1) is 5.24. The van der Waals surface area contributed by atoms with Crippen molar-refractivity contribution >= 4 is 0 Å². The number of hydrogen-bond acceptors (Lipinski definition) is 1. The van der Waals surface area contributed by atoms with E-state index >= 15 is 0 Å². The molecule has 1 unspecified atom stereocenters. The van der Waals surface area contributed by atoms with Gasteiger partial charge >= 0.3 is 0 Å². The van der Waals surface area contributed by atoms with Crippen molar-refractivity contribution in [1.29, 1.82) is 0 Å². The number of rotatable bonds is 0. The normalized spacial score (nSPS) is 12.1. The Morgan fingerprint density at radius 3 is 2.00 bits per heavy atom. The lowest BCUT2D eigenvalue weighted by atomic mass is 10.4. The second-order valence-corrected chi connectivity index (χ2v) is 2.42. The van der Waals surface area contributed by atoms with Crippen molar-refractivity contribution < 1.29 is 5.11 Å². The molecule has 0 aromatic heterocycles. The summed E-state index contributed by atoms with van der Waals surface area (Å²) in [6, 6.07) is 8.48. The predicted octanol–water partition coefficient (Wildman–Crippen LogP) is 1.67. The summed E-state index contributed by atoms with van der Waals surface area (Å²) in [4.78, 5) is 0. The summed E-state index contributed by atoms with van der Waals surface area (Å²) in [5.74, 6) is 2.08. The van der Waals surface area contributed by atoms with E-state index in [9.17, 15) is 0 Å². The second kappa shape index (κ2) is 3.23. The molecule has 2 rings (SSSR count). The number of aliphatic hydroxyl groups excluding tert-OH is 1. The van der Waals surface area contributed by atoms with Crippen molar-refractivity contribution in [1.82, 2.24) is 0 Å². The van der Waals surface area contributed by atoms with Gasteiger partial charge in [-0.1, -0.05) is 24.1 Å². The minimum atomic E-state index is -0.588. The maximum Gasteiger partial charge on any atom is 0.111 e. The molecule has 56 valence electrons. The van der Waals surface area contributed by atoms with Crippen LogP contribution in [-0.2, 0) is 0 Å². The molecule has 0 aromatic carbocycles. The van der Waals surface area contributed by atoms with E-state index in [4.69, 9.17) is 5.11 Å². The van der Waals surface area contributed by atoms with E-state index < -0.39 is 6.10 Å². The SMILES string of the molecule is C#CC(C)O.c1cc2cc-2c1. The molecule has 0 saturated carbocycles. The Bertz CT molecular complexity index is 264. The lowest BCUT2D eigenvalue weighted by molar-refractivity contribution is 0.253. The molecule has 1 nitrogen and oxygen atoms in total. The maximum absolute atomic E-state index is 8.12. The molecule has 0 aromatic rings. The van der Waals surface area contributed by atoms with Gasteiger partial charge in [0.05, 0.1) is 0 Å². The minimum absolute atomic E-state index is 0.588. The van der Waals surface area contributed by atoms with Gasteiger partial charge in [0, 0.05) is 0 Å². The summed E-state index contributed by atoms with van der Waals surface area (Å²) in [6.07, 6.45) is 4.08. The van der Waals surface area contributed by atoms with Gasteiger partial charge in [-0.05, 0) is 24.1 Å². The minimum Gasteiger partial charge on any atom is -0.381 e. The van der Waals surface area contributed by atoms with Crippen molar-refractivity contribution in [3.63, 3.8) is 0 Å². The molecule has 1 atom stereocenters. The zero-order chi connectivity index (χ0) is 8.27. The Labute approximate surface area is 66.7 Å². The molecule has 0 fully saturated rings. The molecule has 0 saturated heterocycles. The molecule has 11 heavy (non-hydrogen) atoms. The van der Waals surface area contributed by atoms with E-state index in [1.54, 1.807) is 6.92 Å². The molecule has 0 spiro atoms. The van der Waals surface area contributed by atoms with Gasteiger partial charge in [0.25, 0.3) is 0 Å². The van der Waals surface area contributed by atoms with Crippen LogP contribution in [0.3, 0.4) is 0 Å². The van der Waals surface area contributed by atoms with Gasteiger partial charge in [-0.25, -0.2) is 0 Å². The highest BCUT2D eigenvalue weighted by atomic mass is 16.3. The standard InChI is InChI=1S/C6H4.C4H6O/c1-2-5-4-6(5)3-1;1-3-4(2)5/h1-4H;1,4-5H,2H3. The summed E-state index contributed by atoms with van der Waals surface area (Å²) in [6.45, 7) is 1.54. The third-order valence-corrected chi connectivity index (χ3v) is 1.35. The highest BCUT2D eigenvalue weighted by Gasteiger charge is 2.06. The fraction of sp³-hybridized carbons (Fsp3) is 0.200. The number of aliphatic hydroxyl groups is 1. The largest absolute Gasteiger partial charge is 0.381 e. The van der Waals surface area contributed by atoms with E-state index in [-0.39, 0.29) is 0 Å². The smallest absolute Gasteiger partial charge is 0.111 e. The summed E-state index contributed by atoms with van der Waals surface area (Å²) in [5.41, 5.74) is 2.85. The molecule has 1 heteroatoms. The van der Waals surface area contributed by atoms with Crippen LogP contribution in [-0.4, -0.2) is 11.2 Å². The fourth-order valence-electron chi connectivity index (χ4n) is 0.676. The van der Waals surface area contributed by atoms with Gasteiger partial charge in [-0.3, -0.25) is 0 Å². The van der Waals surface area contributed by atoms with Crippen LogP contribution in [0.4, 0.5) is 0 Å². The highest BCUT2D eigenvalue weighted by molar-refractivity contribution is 5.80. The molecule has 1 N–H and O–H groups in total. The quantitative estimate of drug-likeness (QED) is 0.560. The maximum atomic E-state index is 8.12. The summed E-state index contributed by atoms with van der Waals surface area (Å²) in [5, 5.41) is 8.12. The average molecular weight is 146 g/mol. The number of terminal acetylenes is 1. The number of fused-ring (bicyclic) bond motifs is 1. The van der Waals surface area contributed by atoms with E-state index in [0.717, 1.165) is 0 Å². The first kappa shape index (κ1) is 7.84. The van der Waals surface area contributed by atoms with Crippen LogP contribution in [0.5, 0.6) is 0 Å². The van der Waals surface area contributed by atoms with E-state index in [1.165, 1.54) is 11.1 Å². The van der Waals surface area contributed by atoms with Crippen LogP contribution in [0.2, 0.25) is 0 Å². The lowest BCUT2D eigenvalue weighted by Gasteiger charge is -1.80. The molecule has 0 heterocycles. The van der Waals surface area contributed by atoms with Crippen LogP contribution in [0, 0.1) is 12.3 Å². The van der Waals surface area contributed by atoms with Crippen LogP contribution >= 0.6 is 0 Å². The Morgan fingerprint density at radius 1 is 1.45 bits per heavy atom. The Hall–Kier alpha value is -1.26. The summed E-state index contributed by atoms with van der Waals surface area (Å²) in [7, 11) is 0. The summed E-state index contributed by atoms with van der Waals surface area (Å²) >= 11 is 0. The zero-order valence-corrected chi connectivity index (χ0v) is 6.41. The third-order valence-electron chi connectivity index (χ3n) is 1.35. The Kier molecular flexibility index (Phi) is 2.30. The van der Waals surface area contributed by atoms with Crippen molar-refractivity contribution in [2.75, 3.05) is 0 Å². The van der Waals surface area contributed by atoms with E-state index in [2.05, 4.69) is 36.6 Å². The topological polar surface area (TPSA) is 20.2 Å². The van der Waals surface area contributed by atoms with E-state index in [0.29, 0.717) is 0 Å². The molecule has 0 amide bonds. The van der Waals surface area contributed by atoms with Gasteiger partial charge < -0.3 is 5.11 Å². The lowest BCUT2D eigenvalue weighted by Crippen LogP contribution is -1.90. The predicted molar refractivity (Wildman–Crippen MR) is 45.9 cm³/mol. The van der Waals surface area contributed by atoms with Crippen LogP contribution in [0.25, 0.3) is 11.1 Å². The van der Waals surface area contributed by atoms with Gasteiger partial charge in [0.15, 0.2) is 0 Å². The first-order valence-electron chi connectivity index (χ1n) is 3.48. The fourth-order valence-corrected chi connectivity index (χ4v) is 0.676. The third kappa shape index (κ3) is 2.45. The van der Waals surface area contributed by atoms with Crippen LogP contribution in [0.15, 0.2) is 24.3 Å².